The van der Waals surface area contributed by atoms with Crippen molar-refractivity contribution in [1.82, 2.24) is 4.98 Å². The quantitative estimate of drug-likeness (QED) is 0.710. The van der Waals surface area contributed by atoms with E-state index in [9.17, 15) is 4.39 Å². The summed E-state index contributed by atoms with van der Waals surface area (Å²) >= 11 is 0. The van der Waals surface area contributed by atoms with Crippen LogP contribution in [0.4, 0.5) is 4.39 Å². The van der Waals surface area contributed by atoms with Crippen molar-refractivity contribution in [2.45, 2.75) is 0 Å². The maximum Gasteiger partial charge on any atom is 0.159 e. The lowest BCUT2D eigenvalue weighted by atomic mass is 10.0. The summed E-state index contributed by atoms with van der Waals surface area (Å²) in [4.78, 5) is 3.80. The second-order valence-electron chi connectivity index (χ2n) is 4.60. The van der Waals surface area contributed by atoms with Crippen LogP contribution in [0.25, 0.3) is 11.1 Å². The fourth-order valence-corrected chi connectivity index (χ4v) is 2.09. The van der Waals surface area contributed by atoms with Crippen LogP contribution in [-0.4, -0.2) is 4.98 Å². The Labute approximate surface area is 127 Å². The van der Waals surface area contributed by atoms with Crippen LogP contribution in [0.5, 0.6) is 11.5 Å². The van der Waals surface area contributed by atoms with Crippen LogP contribution in [0, 0.1) is 17.1 Å². The Morgan fingerprint density at radius 3 is 2.27 bits per heavy atom. The third kappa shape index (κ3) is 2.79. The van der Waals surface area contributed by atoms with Gasteiger partial charge in [-0.15, -0.1) is 0 Å². The van der Waals surface area contributed by atoms with Crippen LogP contribution in [0.1, 0.15) is 5.56 Å². The van der Waals surface area contributed by atoms with Crippen molar-refractivity contribution in [2.75, 3.05) is 0 Å². The fraction of sp³-hybridized carbons (Fsp3) is 0. The molecule has 0 unspecified atom stereocenters. The highest BCUT2D eigenvalue weighted by Crippen LogP contribution is 2.28. The predicted octanol–water partition coefficient (Wildman–Crippen LogP) is 4.55. The van der Waals surface area contributed by atoms with Crippen LogP contribution in [0.2, 0.25) is 0 Å². The molecule has 4 heteroatoms. The molecule has 0 N–H and O–H groups in total. The Bertz CT molecular complexity index is 824. The highest BCUT2D eigenvalue weighted by atomic mass is 19.1. The molecule has 0 amide bonds. The van der Waals surface area contributed by atoms with E-state index in [1.165, 1.54) is 6.20 Å². The van der Waals surface area contributed by atoms with E-state index in [-0.39, 0.29) is 5.56 Å². The summed E-state index contributed by atoms with van der Waals surface area (Å²) in [5.74, 6) is 0.780. The van der Waals surface area contributed by atoms with Crippen LogP contribution in [0.3, 0.4) is 0 Å². The molecule has 0 aliphatic carbocycles. The van der Waals surface area contributed by atoms with E-state index in [4.69, 9.17) is 10.00 Å². The van der Waals surface area contributed by atoms with Gasteiger partial charge in [0, 0.05) is 11.8 Å². The number of hydrogen-bond donors (Lipinski definition) is 0. The molecule has 0 spiro atoms. The van der Waals surface area contributed by atoms with Gasteiger partial charge in [-0.25, -0.2) is 4.39 Å². The Morgan fingerprint density at radius 2 is 1.59 bits per heavy atom. The summed E-state index contributed by atoms with van der Waals surface area (Å²) in [5.41, 5.74) is 1.17. The molecule has 106 valence electrons. The molecule has 3 nitrogen and oxygen atoms in total. The Hall–Kier alpha value is -3.19. The Kier molecular flexibility index (Phi) is 3.80. The predicted molar refractivity (Wildman–Crippen MR) is 80.9 cm³/mol. The van der Waals surface area contributed by atoms with Crippen molar-refractivity contribution in [2.24, 2.45) is 0 Å². The van der Waals surface area contributed by atoms with Crippen molar-refractivity contribution in [1.29, 1.82) is 5.26 Å². The normalized spacial score (nSPS) is 10.0. The molecule has 0 aliphatic heterocycles. The average molecular weight is 290 g/mol. The van der Waals surface area contributed by atoms with Crippen LogP contribution >= 0.6 is 0 Å². The smallest absolute Gasteiger partial charge is 0.159 e. The first-order valence-electron chi connectivity index (χ1n) is 6.65. The molecule has 1 aromatic heterocycles. The SMILES string of the molecule is N#Cc1c(F)cncc1-c1ccc(Oc2ccccc2)cc1. The van der Waals surface area contributed by atoms with Gasteiger partial charge < -0.3 is 4.74 Å². The van der Waals surface area contributed by atoms with Gasteiger partial charge >= 0.3 is 0 Å². The molecule has 0 radical (unpaired) electrons. The zero-order chi connectivity index (χ0) is 15.4. The van der Waals surface area contributed by atoms with E-state index in [2.05, 4.69) is 4.98 Å². The van der Waals surface area contributed by atoms with Gasteiger partial charge in [0.1, 0.15) is 17.6 Å². The van der Waals surface area contributed by atoms with Crippen LogP contribution in [-0.2, 0) is 0 Å². The van der Waals surface area contributed by atoms with Gasteiger partial charge in [-0.2, -0.15) is 5.26 Å². The third-order valence-corrected chi connectivity index (χ3v) is 3.16. The molecule has 3 rings (SSSR count). The van der Waals surface area contributed by atoms with E-state index < -0.39 is 5.82 Å². The van der Waals surface area contributed by atoms with E-state index >= 15 is 0 Å². The van der Waals surface area contributed by atoms with E-state index in [0.717, 1.165) is 11.9 Å². The number of ether oxygens (including phenoxy) is 1. The van der Waals surface area contributed by atoms with Crippen LogP contribution in [0.15, 0.2) is 67.0 Å². The molecule has 22 heavy (non-hydrogen) atoms. The highest BCUT2D eigenvalue weighted by Gasteiger charge is 2.10. The summed E-state index contributed by atoms with van der Waals surface area (Å²) in [6, 6.07) is 18.4. The number of nitriles is 1. The molecule has 0 atom stereocenters. The molecule has 1 heterocycles. The van der Waals surface area contributed by atoms with Gasteiger partial charge in [-0.3, -0.25) is 4.98 Å². The van der Waals surface area contributed by atoms with Crippen molar-refractivity contribution in [3.05, 3.63) is 78.4 Å². The number of benzene rings is 2. The lowest BCUT2D eigenvalue weighted by Gasteiger charge is -2.08. The van der Waals surface area contributed by atoms with Gasteiger partial charge in [0.15, 0.2) is 5.82 Å². The largest absolute Gasteiger partial charge is 0.457 e. The molecule has 0 fully saturated rings. The van der Waals surface area contributed by atoms with Gasteiger partial charge in [0.05, 0.1) is 11.8 Å². The standard InChI is InChI=1S/C18H11FN2O/c19-18-12-21-11-17(16(18)10-20)13-6-8-15(9-7-13)22-14-4-2-1-3-5-14/h1-9,11-12H. The number of nitrogens with zero attached hydrogens (tertiary/aromatic N) is 2. The van der Waals surface area contributed by atoms with Gasteiger partial charge in [0.2, 0.25) is 0 Å². The van der Waals surface area contributed by atoms with Crippen molar-refractivity contribution < 1.29 is 9.13 Å². The second kappa shape index (κ2) is 6.06. The third-order valence-electron chi connectivity index (χ3n) is 3.16. The van der Waals surface area contributed by atoms with Gasteiger partial charge in [-0.05, 0) is 29.8 Å². The molecule has 0 aliphatic rings. The minimum Gasteiger partial charge on any atom is -0.457 e. The van der Waals surface area contributed by atoms with E-state index in [0.29, 0.717) is 16.9 Å². The molecule has 0 saturated carbocycles. The second-order valence-corrected chi connectivity index (χ2v) is 4.60. The van der Waals surface area contributed by atoms with Crippen molar-refractivity contribution >= 4 is 0 Å². The number of para-hydroxylation sites is 1. The minimum atomic E-state index is -0.621. The summed E-state index contributed by atoms with van der Waals surface area (Å²) in [6.45, 7) is 0. The van der Waals surface area contributed by atoms with E-state index in [1.807, 2.05) is 36.4 Å². The molecule has 2 aromatic carbocycles. The molecule has 0 saturated heterocycles. The highest BCUT2D eigenvalue weighted by molar-refractivity contribution is 5.70. The minimum absolute atomic E-state index is 0.00766. The summed E-state index contributed by atoms with van der Waals surface area (Å²) in [6.07, 6.45) is 2.52. The molecule has 0 bridgehead atoms. The average Bonchev–Trinajstić information content (AvgIpc) is 2.56. The molecular formula is C18H11FN2O. The van der Waals surface area contributed by atoms with E-state index in [1.54, 1.807) is 24.3 Å². The maximum atomic E-state index is 13.6. The number of rotatable bonds is 3. The maximum absolute atomic E-state index is 13.6. The fourth-order valence-electron chi connectivity index (χ4n) is 2.09. The van der Waals surface area contributed by atoms with Crippen LogP contribution < -0.4 is 4.74 Å². The zero-order valence-corrected chi connectivity index (χ0v) is 11.5. The number of halogens is 1. The lowest BCUT2D eigenvalue weighted by molar-refractivity contribution is 0.483. The number of hydrogen-bond acceptors (Lipinski definition) is 3. The Balaban J connectivity index is 1.89. The van der Waals surface area contributed by atoms with Crippen molar-refractivity contribution in [3.63, 3.8) is 0 Å². The summed E-state index contributed by atoms with van der Waals surface area (Å²) in [5, 5.41) is 9.07. The first kappa shape index (κ1) is 13.8. The number of aromatic nitrogens is 1. The molecular weight excluding hydrogens is 279 g/mol. The topological polar surface area (TPSA) is 45.9 Å². The monoisotopic (exact) mass is 290 g/mol. The lowest BCUT2D eigenvalue weighted by Crippen LogP contribution is -1.91. The first-order valence-corrected chi connectivity index (χ1v) is 6.65. The van der Waals surface area contributed by atoms with Gasteiger partial charge in [-0.1, -0.05) is 30.3 Å². The first-order chi connectivity index (χ1) is 10.8. The van der Waals surface area contributed by atoms with Gasteiger partial charge in [0.25, 0.3) is 0 Å². The van der Waals surface area contributed by atoms with Crippen molar-refractivity contribution in [3.8, 4) is 28.7 Å². The summed E-state index contributed by atoms with van der Waals surface area (Å²) in [7, 11) is 0. The molecule has 3 aromatic rings. The zero-order valence-electron chi connectivity index (χ0n) is 11.5. The number of pyridine rings is 1. The summed E-state index contributed by atoms with van der Waals surface area (Å²) < 4.78 is 19.3. The Morgan fingerprint density at radius 1 is 0.909 bits per heavy atom.